The lowest BCUT2D eigenvalue weighted by atomic mass is 9.81. The second-order valence-electron chi connectivity index (χ2n) is 5.34. The van der Waals surface area contributed by atoms with Crippen molar-refractivity contribution in [3.05, 3.63) is 30.6 Å². The second kappa shape index (κ2) is 4.92. The van der Waals surface area contributed by atoms with Crippen molar-refractivity contribution in [1.82, 2.24) is 9.97 Å². The molecule has 1 atom stereocenters. The normalized spacial score (nSPS) is 17.4. The predicted molar refractivity (Wildman–Crippen MR) is 74.6 cm³/mol. The van der Waals surface area contributed by atoms with Gasteiger partial charge in [-0.05, 0) is 37.5 Å². The van der Waals surface area contributed by atoms with Crippen LogP contribution in [-0.4, -0.2) is 16.0 Å². The summed E-state index contributed by atoms with van der Waals surface area (Å²) in [6.45, 7) is 2.26. The topological polar surface area (TPSA) is 37.8 Å². The van der Waals surface area contributed by atoms with E-state index in [1.54, 1.807) is 12.4 Å². The Balaban J connectivity index is 1.69. The number of hydrogen-bond donors (Lipinski definition) is 1. The molecule has 3 rings (SSSR count). The number of nitrogens with zero attached hydrogens (tertiary/aromatic N) is 2. The Kier molecular flexibility index (Phi) is 3.13. The monoisotopic (exact) mass is 241 g/mol. The molecule has 3 heteroatoms. The fourth-order valence-corrected chi connectivity index (χ4v) is 2.63. The van der Waals surface area contributed by atoms with E-state index in [2.05, 4.69) is 34.3 Å². The maximum Gasteiger partial charge on any atom is 0.0907 e. The SMILES string of the molecule is CC(CC1CCC1)Nc1ccc2nccnc2c1. The van der Waals surface area contributed by atoms with E-state index in [1.807, 2.05) is 6.07 Å². The number of anilines is 1. The summed E-state index contributed by atoms with van der Waals surface area (Å²) in [5.74, 6) is 0.938. The highest BCUT2D eigenvalue weighted by Crippen LogP contribution is 2.31. The summed E-state index contributed by atoms with van der Waals surface area (Å²) in [7, 11) is 0. The van der Waals surface area contributed by atoms with E-state index >= 15 is 0 Å². The Labute approximate surface area is 108 Å². The minimum atomic E-state index is 0.532. The first-order valence-corrected chi connectivity index (χ1v) is 6.78. The van der Waals surface area contributed by atoms with Crippen LogP contribution in [0.15, 0.2) is 30.6 Å². The number of fused-ring (bicyclic) bond motifs is 1. The zero-order chi connectivity index (χ0) is 12.4. The predicted octanol–water partition coefficient (Wildman–Crippen LogP) is 3.62. The van der Waals surface area contributed by atoms with Gasteiger partial charge < -0.3 is 5.32 Å². The molecule has 18 heavy (non-hydrogen) atoms. The van der Waals surface area contributed by atoms with Crippen molar-refractivity contribution in [2.24, 2.45) is 5.92 Å². The molecular weight excluding hydrogens is 222 g/mol. The lowest BCUT2D eigenvalue weighted by molar-refractivity contribution is 0.286. The lowest BCUT2D eigenvalue weighted by Crippen LogP contribution is -2.23. The van der Waals surface area contributed by atoms with E-state index in [9.17, 15) is 0 Å². The summed E-state index contributed by atoms with van der Waals surface area (Å²) in [6.07, 6.45) is 8.99. The van der Waals surface area contributed by atoms with E-state index in [-0.39, 0.29) is 0 Å². The number of benzene rings is 1. The van der Waals surface area contributed by atoms with Crippen LogP contribution in [0.5, 0.6) is 0 Å². The van der Waals surface area contributed by atoms with Crippen molar-refractivity contribution in [3.8, 4) is 0 Å². The zero-order valence-corrected chi connectivity index (χ0v) is 10.8. The van der Waals surface area contributed by atoms with Crippen molar-refractivity contribution < 1.29 is 0 Å². The van der Waals surface area contributed by atoms with Gasteiger partial charge in [0.15, 0.2) is 0 Å². The van der Waals surface area contributed by atoms with Crippen LogP contribution in [-0.2, 0) is 0 Å². The summed E-state index contributed by atoms with van der Waals surface area (Å²) in [5, 5.41) is 3.57. The van der Waals surface area contributed by atoms with Crippen LogP contribution in [0.1, 0.15) is 32.6 Å². The third-order valence-corrected chi connectivity index (χ3v) is 3.79. The molecule has 2 aromatic rings. The Morgan fingerprint density at radius 2 is 2.00 bits per heavy atom. The maximum atomic E-state index is 4.33. The van der Waals surface area contributed by atoms with Gasteiger partial charge in [0, 0.05) is 24.1 Å². The molecule has 1 aromatic carbocycles. The summed E-state index contributed by atoms with van der Waals surface area (Å²) in [4.78, 5) is 8.62. The van der Waals surface area contributed by atoms with Gasteiger partial charge in [0.1, 0.15) is 0 Å². The molecule has 0 aliphatic heterocycles. The fraction of sp³-hybridized carbons (Fsp3) is 0.467. The smallest absolute Gasteiger partial charge is 0.0907 e. The molecule has 0 bridgehead atoms. The molecule has 1 unspecified atom stereocenters. The summed E-state index contributed by atoms with van der Waals surface area (Å²) >= 11 is 0. The first-order valence-electron chi connectivity index (χ1n) is 6.78. The molecule has 0 saturated heterocycles. The minimum absolute atomic E-state index is 0.532. The molecule has 0 radical (unpaired) electrons. The number of nitrogens with one attached hydrogen (secondary N) is 1. The van der Waals surface area contributed by atoms with Crippen LogP contribution in [0, 0.1) is 5.92 Å². The second-order valence-corrected chi connectivity index (χ2v) is 5.34. The molecule has 0 amide bonds. The van der Waals surface area contributed by atoms with Crippen molar-refractivity contribution >= 4 is 16.7 Å². The summed E-state index contributed by atoms with van der Waals surface area (Å²) in [6, 6.07) is 6.73. The van der Waals surface area contributed by atoms with Crippen molar-refractivity contribution in [2.75, 3.05) is 5.32 Å². The molecule has 1 N–H and O–H groups in total. The first kappa shape index (κ1) is 11.5. The Morgan fingerprint density at radius 3 is 2.72 bits per heavy atom. The first-order chi connectivity index (χ1) is 8.81. The van der Waals surface area contributed by atoms with Gasteiger partial charge in [-0.1, -0.05) is 19.3 Å². The molecule has 0 spiro atoms. The minimum Gasteiger partial charge on any atom is -0.383 e. The highest BCUT2D eigenvalue weighted by atomic mass is 14.9. The quantitative estimate of drug-likeness (QED) is 0.888. The molecule has 94 valence electrons. The molecular formula is C15H19N3. The van der Waals surface area contributed by atoms with E-state index < -0.39 is 0 Å². The standard InChI is InChI=1S/C15H19N3/c1-11(9-12-3-2-4-12)18-13-5-6-14-15(10-13)17-8-7-16-14/h5-8,10-12,18H,2-4,9H2,1H3. The molecule has 1 aliphatic carbocycles. The van der Waals surface area contributed by atoms with Gasteiger partial charge in [-0.2, -0.15) is 0 Å². The highest BCUT2D eigenvalue weighted by molar-refractivity contribution is 5.78. The lowest BCUT2D eigenvalue weighted by Gasteiger charge is -2.28. The summed E-state index contributed by atoms with van der Waals surface area (Å²) < 4.78 is 0. The van der Waals surface area contributed by atoms with Crippen LogP contribution in [0.4, 0.5) is 5.69 Å². The third-order valence-electron chi connectivity index (χ3n) is 3.79. The van der Waals surface area contributed by atoms with E-state index in [4.69, 9.17) is 0 Å². The van der Waals surface area contributed by atoms with E-state index in [0.29, 0.717) is 6.04 Å². The van der Waals surface area contributed by atoms with Crippen LogP contribution in [0.2, 0.25) is 0 Å². The molecule has 1 saturated carbocycles. The van der Waals surface area contributed by atoms with Gasteiger partial charge >= 0.3 is 0 Å². The van der Waals surface area contributed by atoms with Crippen LogP contribution < -0.4 is 5.32 Å². The van der Waals surface area contributed by atoms with Gasteiger partial charge in [0.05, 0.1) is 11.0 Å². The van der Waals surface area contributed by atoms with Crippen LogP contribution >= 0.6 is 0 Å². The van der Waals surface area contributed by atoms with Gasteiger partial charge in [-0.3, -0.25) is 9.97 Å². The van der Waals surface area contributed by atoms with Crippen LogP contribution in [0.3, 0.4) is 0 Å². The summed E-state index contributed by atoms with van der Waals surface area (Å²) in [5.41, 5.74) is 3.06. The average Bonchev–Trinajstić information content (AvgIpc) is 2.34. The highest BCUT2D eigenvalue weighted by Gasteiger charge is 2.19. The van der Waals surface area contributed by atoms with Crippen molar-refractivity contribution in [3.63, 3.8) is 0 Å². The molecule has 1 aromatic heterocycles. The largest absolute Gasteiger partial charge is 0.383 e. The average molecular weight is 241 g/mol. The number of rotatable bonds is 4. The fourth-order valence-electron chi connectivity index (χ4n) is 2.63. The molecule has 1 heterocycles. The molecule has 3 nitrogen and oxygen atoms in total. The maximum absolute atomic E-state index is 4.33. The Morgan fingerprint density at radius 1 is 1.22 bits per heavy atom. The molecule has 1 aliphatic rings. The van der Waals surface area contributed by atoms with E-state index in [1.165, 1.54) is 25.7 Å². The van der Waals surface area contributed by atoms with Crippen LogP contribution in [0.25, 0.3) is 11.0 Å². The third kappa shape index (κ3) is 2.45. The zero-order valence-electron chi connectivity index (χ0n) is 10.8. The number of aromatic nitrogens is 2. The number of hydrogen-bond acceptors (Lipinski definition) is 3. The van der Waals surface area contributed by atoms with Gasteiger partial charge in [-0.15, -0.1) is 0 Å². The molecule has 1 fully saturated rings. The van der Waals surface area contributed by atoms with Crippen molar-refractivity contribution in [1.29, 1.82) is 0 Å². The van der Waals surface area contributed by atoms with Crippen molar-refractivity contribution in [2.45, 2.75) is 38.6 Å². The Hall–Kier alpha value is -1.64. The van der Waals surface area contributed by atoms with E-state index in [0.717, 1.165) is 22.6 Å². The van der Waals surface area contributed by atoms with Gasteiger partial charge in [-0.25, -0.2) is 0 Å². The van der Waals surface area contributed by atoms with Gasteiger partial charge in [0.25, 0.3) is 0 Å². The van der Waals surface area contributed by atoms with Gasteiger partial charge in [0.2, 0.25) is 0 Å². The Bertz CT molecular complexity index is 534.